The van der Waals surface area contributed by atoms with Crippen molar-refractivity contribution in [2.24, 2.45) is 0 Å². The first-order valence-corrected chi connectivity index (χ1v) is 10.8. The molecule has 1 spiro atoms. The molecular weight excluding hydrogens is 386 g/mol. The lowest BCUT2D eigenvalue weighted by molar-refractivity contribution is 0.0585. The summed E-state index contributed by atoms with van der Waals surface area (Å²) >= 11 is 1.85. The smallest absolute Gasteiger partial charge is 0.321 e. The van der Waals surface area contributed by atoms with E-state index in [2.05, 4.69) is 5.32 Å². The van der Waals surface area contributed by atoms with Crippen LogP contribution >= 0.6 is 11.8 Å². The number of hydrogen-bond donors (Lipinski definition) is 1. The van der Waals surface area contributed by atoms with Gasteiger partial charge in [-0.2, -0.15) is 0 Å². The van der Waals surface area contributed by atoms with Crippen LogP contribution in [0.5, 0.6) is 5.75 Å². The van der Waals surface area contributed by atoms with Gasteiger partial charge in [0.2, 0.25) is 0 Å². The Bertz CT molecular complexity index is 882. The van der Waals surface area contributed by atoms with Crippen molar-refractivity contribution in [1.82, 2.24) is 9.80 Å². The number of methoxy groups -OCH3 is 1. The molecule has 152 valence electrons. The van der Waals surface area contributed by atoms with E-state index in [4.69, 9.17) is 4.74 Å². The number of carbonyl (C=O) groups is 2. The number of nitrogens with zero attached hydrogens (tertiary/aromatic N) is 2. The van der Waals surface area contributed by atoms with E-state index >= 15 is 0 Å². The summed E-state index contributed by atoms with van der Waals surface area (Å²) in [5.74, 6) is 1.73. The molecule has 2 saturated heterocycles. The Morgan fingerprint density at radius 1 is 1.03 bits per heavy atom. The molecule has 3 amide bonds. The van der Waals surface area contributed by atoms with Crippen LogP contribution in [0, 0.1) is 0 Å². The number of anilines is 1. The Morgan fingerprint density at radius 3 is 2.52 bits per heavy atom. The lowest BCUT2D eigenvalue weighted by atomic mass is 10.0. The molecule has 2 aromatic rings. The predicted molar refractivity (Wildman–Crippen MR) is 115 cm³/mol. The number of hydrogen-bond acceptors (Lipinski definition) is 4. The molecule has 2 fully saturated rings. The van der Waals surface area contributed by atoms with Crippen molar-refractivity contribution in [3.05, 3.63) is 60.2 Å². The Labute approximate surface area is 175 Å². The highest BCUT2D eigenvalue weighted by molar-refractivity contribution is 8.00. The SMILES string of the molecule is COc1cccc(NC(=O)N2CCC3(CC2)SCCN3C(=O)c2ccccc2)c1. The Morgan fingerprint density at radius 2 is 1.79 bits per heavy atom. The van der Waals surface area contributed by atoms with Crippen LogP contribution in [0.2, 0.25) is 0 Å². The van der Waals surface area contributed by atoms with Crippen LogP contribution in [0.15, 0.2) is 54.6 Å². The summed E-state index contributed by atoms with van der Waals surface area (Å²) in [4.78, 5) is 29.4. The van der Waals surface area contributed by atoms with Crippen molar-refractivity contribution in [1.29, 1.82) is 0 Å². The van der Waals surface area contributed by atoms with Crippen molar-refractivity contribution in [2.45, 2.75) is 17.7 Å². The lowest BCUT2D eigenvalue weighted by Crippen LogP contribution is -2.54. The topological polar surface area (TPSA) is 61.9 Å². The van der Waals surface area contributed by atoms with Gasteiger partial charge in [0.1, 0.15) is 5.75 Å². The molecule has 0 radical (unpaired) electrons. The van der Waals surface area contributed by atoms with Crippen molar-refractivity contribution in [3.8, 4) is 5.75 Å². The third-order valence-electron chi connectivity index (χ3n) is 5.60. The minimum atomic E-state index is -0.209. The van der Waals surface area contributed by atoms with Crippen molar-refractivity contribution < 1.29 is 14.3 Å². The first kappa shape index (κ1) is 19.6. The standard InChI is InChI=1S/C22H25N3O3S/c1-28-19-9-5-8-18(16-19)23-21(27)24-12-10-22(11-13-24)25(14-15-29-22)20(26)17-6-3-2-4-7-17/h2-9,16H,10-15H2,1H3,(H,23,27). The minimum Gasteiger partial charge on any atom is -0.497 e. The molecule has 7 heteroatoms. The fourth-order valence-electron chi connectivity index (χ4n) is 4.01. The van der Waals surface area contributed by atoms with Gasteiger partial charge in [-0.15, -0.1) is 11.8 Å². The number of likely N-dealkylation sites (tertiary alicyclic amines) is 1. The van der Waals surface area contributed by atoms with Crippen LogP contribution in [-0.2, 0) is 0 Å². The van der Waals surface area contributed by atoms with Gasteiger partial charge in [-0.25, -0.2) is 4.79 Å². The second kappa shape index (κ2) is 8.37. The van der Waals surface area contributed by atoms with Crippen LogP contribution < -0.4 is 10.1 Å². The highest BCUT2D eigenvalue weighted by atomic mass is 32.2. The molecule has 0 saturated carbocycles. The van der Waals surface area contributed by atoms with Crippen molar-refractivity contribution in [3.63, 3.8) is 0 Å². The predicted octanol–water partition coefficient (Wildman–Crippen LogP) is 3.91. The summed E-state index contributed by atoms with van der Waals surface area (Å²) in [5, 5.41) is 2.94. The minimum absolute atomic E-state index is 0.0879. The number of urea groups is 1. The molecule has 2 aliphatic heterocycles. The average molecular weight is 412 g/mol. The van der Waals surface area contributed by atoms with Gasteiger partial charge in [0, 0.05) is 42.7 Å². The van der Waals surface area contributed by atoms with Gasteiger partial charge in [-0.05, 0) is 37.1 Å². The summed E-state index contributed by atoms with van der Waals surface area (Å²) in [6, 6.07) is 16.7. The fourth-order valence-corrected chi connectivity index (χ4v) is 5.46. The maximum absolute atomic E-state index is 13.0. The summed E-state index contributed by atoms with van der Waals surface area (Å²) in [7, 11) is 1.60. The molecule has 2 aromatic carbocycles. The Hall–Kier alpha value is -2.67. The third kappa shape index (κ3) is 4.05. The fraction of sp³-hybridized carbons (Fsp3) is 0.364. The second-order valence-corrected chi connectivity index (χ2v) is 8.72. The van der Waals surface area contributed by atoms with Gasteiger partial charge >= 0.3 is 6.03 Å². The average Bonchev–Trinajstić information content (AvgIpc) is 3.17. The van der Waals surface area contributed by atoms with Gasteiger partial charge in [0.05, 0.1) is 12.0 Å². The maximum Gasteiger partial charge on any atom is 0.321 e. The normalized spacial score (nSPS) is 18.0. The van der Waals surface area contributed by atoms with E-state index in [1.165, 1.54) is 0 Å². The number of amides is 3. The van der Waals surface area contributed by atoms with Crippen LogP contribution in [-0.4, -0.2) is 59.1 Å². The van der Waals surface area contributed by atoms with Gasteiger partial charge in [0.25, 0.3) is 5.91 Å². The highest BCUT2D eigenvalue weighted by Crippen LogP contribution is 2.44. The highest BCUT2D eigenvalue weighted by Gasteiger charge is 2.47. The molecule has 4 rings (SSSR count). The summed E-state index contributed by atoms with van der Waals surface area (Å²) in [6.07, 6.45) is 1.56. The summed E-state index contributed by atoms with van der Waals surface area (Å²) in [6.45, 7) is 2.01. The van der Waals surface area contributed by atoms with E-state index in [-0.39, 0.29) is 16.8 Å². The van der Waals surface area contributed by atoms with Crippen LogP contribution in [0.4, 0.5) is 10.5 Å². The zero-order valence-corrected chi connectivity index (χ0v) is 17.3. The molecule has 29 heavy (non-hydrogen) atoms. The van der Waals surface area contributed by atoms with Gasteiger partial charge in [0.15, 0.2) is 0 Å². The monoisotopic (exact) mass is 411 g/mol. The first-order chi connectivity index (χ1) is 14.1. The van der Waals surface area contributed by atoms with Crippen LogP contribution in [0.25, 0.3) is 0 Å². The van der Waals surface area contributed by atoms with E-state index < -0.39 is 0 Å². The Balaban J connectivity index is 1.40. The Kier molecular flexibility index (Phi) is 5.67. The summed E-state index contributed by atoms with van der Waals surface area (Å²) < 4.78 is 5.21. The number of thioether (sulfide) groups is 1. The molecule has 0 aromatic heterocycles. The second-order valence-electron chi connectivity index (χ2n) is 7.27. The lowest BCUT2D eigenvalue weighted by Gasteiger charge is -2.44. The number of ether oxygens (including phenoxy) is 1. The van der Waals surface area contributed by atoms with Crippen LogP contribution in [0.3, 0.4) is 0 Å². The summed E-state index contributed by atoms with van der Waals surface area (Å²) in [5.41, 5.74) is 1.44. The number of benzene rings is 2. The molecule has 0 unspecified atom stereocenters. The molecule has 2 aliphatic rings. The molecule has 6 nitrogen and oxygen atoms in total. The molecule has 0 atom stereocenters. The van der Waals surface area contributed by atoms with E-state index in [9.17, 15) is 9.59 Å². The van der Waals surface area contributed by atoms with Crippen molar-refractivity contribution >= 4 is 29.4 Å². The largest absolute Gasteiger partial charge is 0.497 e. The number of carbonyl (C=O) groups excluding carboxylic acids is 2. The van der Waals surface area contributed by atoms with E-state index in [0.717, 1.165) is 30.7 Å². The van der Waals surface area contributed by atoms with Crippen LogP contribution in [0.1, 0.15) is 23.2 Å². The number of rotatable bonds is 3. The first-order valence-electron chi connectivity index (χ1n) is 9.82. The molecule has 1 N–H and O–H groups in total. The van der Waals surface area contributed by atoms with Crippen molar-refractivity contribution in [2.75, 3.05) is 37.8 Å². The van der Waals surface area contributed by atoms with Gasteiger partial charge in [-0.3, -0.25) is 4.79 Å². The van der Waals surface area contributed by atoms with E-state index in [0.29, 0.717) is 24.5 Å². The zero-order valence-electron chi connectivity index (χ0n) is 16.5. The van der Waals surface area contributed by atoms with E-state index in [1.54, 1.807) is 13.2 Å². The van der Waals surface area contributed by atoms with Gasteiger partial charge in [-0.1, -0.05) is 24.3 Å². The number of piperidine rings is 1. The molecule has 0 aliphatic carbocycles. The molecule has 0 bridgehead atoms. The third-order valence-corrected chi connectivity index (χ3v) is 7.15. The van der Waals surface area contributed by atoms with E-state index in [1.807, 2.05) is 70.1 Å². The molecule has 2 heterocycles. The molecular formula is C22H25N3O3S. The maximum atomic E-state index is 13.0. The quantitative estimate of drug-likeness (QED) is 0.832. The van der Waals surface area contributed by atoms with Gasteiger partial charge < -0.3 is 19.9 Å². The zero-order chi connectivity index (χ0) is 20.3. The number of nitrogens with one attached hydrogen (secondary N) is 1.